The van der Waals surface area contributed by atoms with Crippen molar-refractivity contribution in [2.24, 2.45) is 0 Å². The molecule has 1 aromatic rings. The number of nitrogen functional groups attached to an aromatic ring is 1. The molecule has 1 aliphatic heterocycles. The summed E-state index contributed by atoms with van der Waals surface area (Å²) >= 11 is 0. The molecule has 3 N–H and O–H groups in total. The van der Waals surface area contributed by atoms with Gasteiger partial charge in [0.1, 0.15) is 11.9 Å². The molecule has 96 valence electrons. The highest BCUT2D eigenvalue weighted by Gasteiger charge is 2.09. The third-order valence-corrected chi connectivity index (χ3v) is 3.22. The second-order valence-corrected chi connectivity index (χ2v) is 4.58. The van der Waals surface area contributed by atoms with Crippen molar-refractivity contribution in [1.82, 2.24) is 9.88 Å². The van der Waals surface area contributed by atoms with Gasteiger partial charge in [-0.1, -0.05) is 6.42 Å². The van der Waals surface area contributed by atoms with Gasteiger partial charge in [-0.2, -0.15) is 5.26 Å². The van der Waals surface area contributed by atoms with Crippen LogP contribution in [-0.2, 0) is 0 Å². The Kier molecular flexibility index (Phi) is 4.37. The second-order valence-electron chi connectivity index (χ2n) is 4.58. The first-order valence-electron chi connectivity index (χ1n) is 6.42. The third kappa shape index (κ3) is 3.34. The number of piperidine rings is 1. The van der Waals surface area contributed by atoms with E-state index in [2.05, 4.69) is 15.2 Å². The van der Waals surface area contributed by atoms with Crippen molar-refractivity contribution >= 4 is 11.5 Å². The van der Waals surface area contributed by atoms with E-state index in [1.165, 1.54) is 32.4 Å². The molecule has 2 heterocycles. The number of nitrogens with two attached hydrogens (primary N) is 1. The van der Waals surface area contributed by atoms with Crippen molar-refractivity contribution in [3.63, 3.8) is 0 Å². The minimum absolute atomic E-state index is 0.290. The van der Waals surface area contributed by atoms with Crippen molar-refractivity contribution in [3.05, 3.63) is 17.8 Å². The molecule has 0 unspecified atom stereocenters. The van der Waals surface area contributed by atoms with E-state index in [0.29, 0.717) is 5.69 Å². The lowest BCUT2D eigenvalue weighted by molar-refractivity contribution is 0.237. The average molecular weight is 245 g/mol. The van der Waals surface area contributed by atoms with E-state index >= 15 is 0 Å². The maximum Gasteiger partial charge on any atom is 0.165 e. The maximum atomic E-state index is 8.84. The van der Waals surface area contributed by atoms with Crippen LogP contribution in [-0.4, -0.2) is 36.1 Å². The van der Waals surface area contributed by atoms with Crippen LogP contribution in [0.25, 0.3) is 0 Å². The van der Waals surface area contributed by atoms with E-state index in [1.807, 2.05) is 12.1 Å². The molecule has 0 aromatic carbocycles. The SMILES string of the molecule is N#Cc1nc(NCCN2CCCCC2)ccc1N. The van der Waals surface area contributed by atoms with Gasteiger partial charge >= 0.3 is 0 Å². The molecule has 1 saturated heterocycles. The Labute approximate surface area is 108 Å². The molecule has 0 bridgehead atoms. The van der Waals surface area contributed by atoms with Crippen LogP contribution in [0.5, 0.6) is 0 Å². The number of pyridine rings is 1. The Morgan fingerprint density at radius 3 is 2.83 bits per heavy atom. The Morgan fingerprint density at radius 1 is 1.33 bits per heavy atom. The fraction of sp³-hybridized carbons (Fsp3) is 0.538. The zero-order chi connectivity index (χ0) is 12.8. The van der Waals surface area contributed by atoms with Crippen LogP contribution >= 0.6 is 0 Å². The monoisotopic (exact) mass is 245 g/mol. The predicted octanol–water partition coefficient (Wildman–Crippen LogP) is 1.43. The minimum Gasteiger partial charge on any atom is -0.396 e. The fourth-order valence-corrected chi connectivity index (χ4v) is 2.18. The van der Waals surface area contributed by atoms with E-state index in [4.69, 9.17) is 11.0 Å². The van der Waals surface area contributed by atoms with Crippen LogP contribution in [0.15, 0.2) is 12.1 Å². The first-order valence-corrected chi connectivity index (χ1v) is 6.42. The number of hydrogen-bond donors (Lipinski definition) is 2. The Bertz CT molecular complexity index is 431. The summed E-state index contributed by atoms with van der Waals surface area (Å²) in [6, 6.07) is 5.52. The van der Waals surface area contributed by atoms with Gasteiger partial charge in [0.25, 0.3) is 0 Å². The highest BCUT2D eigenvalue weighted by Crippen LogP contribution is 2.12. The molecule has 0 amide bonds. The minimum atomic E-state index is 0.290. The van der Waals surface area contributed by atoms with Gasteiger partial charge in [0.2, 0.25) is 0 Å². The van der Waals surface area contributed by atoms with Gasteiger partial charge in [-0.05, 0) is 38.1 Å². The van der Waals surface area contributed by atoms with E-state index in [0.717, 1.165) is 18.9 Å². The number of anilines is 2. The molecular weight excluding hydrogens is 226 g/mol. The quantitative estimate of drug-likeness (QED) is 0.839. The van der Waals surface area contributed by atoms with Gasteiger partial charge in [-0.3, -0.25) is 0 Å². The summed E-state index contributed by atoms with van der Waals surface area (Å²) in [4.78, 5) is 6.62. The van der Waals surface area contributed by atoms with Gasteiger partial charge in [-0.15, -0.1) is 0 Å². The summed E-state index contributed by atoms with van der Waals surface area (Å²) in [5.74, 6) is 0.720. The number of rotatable bonds is 4. The molecule has 0 spiro atoms. The molecule has 5 heteroatoms. The van der Waals surface area contributed by atoms with Gasteiger partial charge in [0.15, 0.2) is 5.69 Å². The van der Waals surface area contributed by atoms with Crippen molar-refractivity contribution in [1.29, 1.82) is 5.26 Å². The van der Waals surface area contributed by atoms with Crippen molar-refractivity contribution in [2.45, 2.75) is 19.3 Å². The number of nitrogens with one attached hydrogen (secondary N) is 1. The molecule has 0 radical (unpaired) electrons. The van der Waals surface area contributed by atoms with E-state index in [1.54, 1.807) is 6.07 Å². The Hall–Kier alpha value is -1.80. The number of nitriles is 1. The van der Waals surface area contributed by atoms with Gasteiger partial charge < -0.3 is 16.0 Å². The molecule has 0 saturated carbocycles. The summed E-state index contributed by atoms with van der Waals surface area (Å²) in [6.45, 7) is 4.26. The van der Waals surface area contributed by atoms with Crippen LogP contribution < -0.4 is 11.1 Å². The predicted molar refractivity (Wildman–Crippen MR) is 72.1 cm³/mol. The lowest BCUT2D eigenvalue weighted by atomic mass is 10.1. The summed E-state index contributed by atoms with van der Waals surface area (Å²) in [7, 11) is 0. The highest BCUT2D eigenvalue weighted by atomic mass is 15.1. The number of aromatic nitrogens is 1. The number of hydrogen-bond acceptors (Lipinski definition) is 5. The van der Waals surface area contributed by atoms with Crippen LogP contribution in [0, 0.1) is 11.3 Å². The molecule has 1 fully saturated rings. The number of likely N-dealkylation sites (tertiary alicyclic amines) is 1. The zero-order valence-corrected chi connectivity index (χ0v) is 10.5. The summed E-state index contributed by atoms with van der Waals surface area (Å²) in [5.41, 5.74) is 6.34. The van der Waals surface area contributed by atoms with E-state index < -0.39 is 0 Å². The number of nitrogens with zero attached hydrogens (tertiary/aromatic N) is 3. The molecule has 1 aromatic heterocycles. The Morgan fingerprint density at radius 2 is 2.11 bits per heavy atom. The lowest BCUT2D eigenvalue weighted by Crippen LogP contribution is -2.33. The standard InChI is InChI=1S/C13H19N5/c14-10-12-11(15)4-5-13(17-12)16-6-9-18-7-2-1-3-8-18/h4-5H,1-3,6-9,15H2,(H,16,17). The second kappa shape index (κ2) is 6.22. The molecular formula is C13H19N5. The van der Waals surface area contributed by atoms with Crippen LogP contribution in [0.1, 0.15) is 25.0 Å². The van der Waals surface area contributed by atoms with Crippen molar-refractivity contribution in [3.8, 4) is 6.07 Å². The highest BCUT2D eigenvalue weighted by molar-refractivity contribution is 5.54. The molecule has 1 aliphatic rings. The molecule has 18 heavy (non-hydrogen) atoms. The Balaban J connectivity index is 1.81. The largest absolute Gasteiger partial charge is 0.396 e. The molecule has 0 atom stereocenters. The van der Waals surface area contributed by atoms with Crippen LogP contribution in [0.4, 0.5) is 11.5 Å². The van der Waals surface area contributed by atoms with E-state index in [-0.39, 0.29) is 5.69 Å². The first kappa shape index (κ1) is 12.7. The maximum absolute atomic E-state index is 8.84. The topological polar surface area (TPSA) is 78.0 Å². The first-order chi connectivity index (χ1) is 8.79. The van der Waals surface area contributed by atoms with Gasteiger partial charge in [0.05, 0.1) is 5.69 Å². The summed E-state index contributed by atoms with van der Waals surface area (Å²) < 4.78 is 0. The van der Waals surface area contributed by atoms with Gasteiger partial charge in [0, 0.05) is 13.1 Å². The van der Waals surface area contributed by atoms with Crippen LogP contribution in [0.2, 0.25) is 0 Å². The smallest absolute Gasteiger partial charge is 0.165 e. The lowest BCUT2D eigenvalue weighted by Gasteiger charge is -2.26. The fourth-order valence-electron chi connectivity index (χ4n) is 2.18. The zero-order valence-electron chi connectivity index (χ0n) is 10.5. The van der Waals surface area contributed by atoms with E-state index in [9.17, 15) is 0 Å². The average Bonchev–Trinajstić information content (AvgIpc) is 2.42. The normalized spacial score (nSPS) is 16.2. The summed E-state index contributed by atoms with van der Waals surface area (Å²) in [5, 5.41) is 12.1. The van der Waals surface area contributed by atoms with Gasteiger partial charge in [-0.25, -0.2) is 4.98 Å². The molecule has 0 aliphatic carbocycles. The molecule has 2 rings (SSSR count). The third-order valence-electron chi connectivity index (χ3n) is 3.22. The van der Waals surface area contributed by atoms with Crippen molar-refractivity contribution < 1.29 is 0 Å². The van der Waals surface area contributed by atoms with Crippen molar-refractivity contribution in [2.75, 3.05) is 37.2 Å². The molecule has 5 nitrogen and oxygen atoms in total. The summed E-state index contributed by atoms with van der Waals surface area (Å²) in [6.07, 6.45) is 3.96. The van der Waals surface area contributed by atoms with Crippen LogP contribution in [0.3, 0.4) is 0 Å².